The second-order valence-electron chi connectivity index (χ2n) is 4.24. The summed E-state index contributed by atoms with van der Waals surface area (Å²) in [6, 6.07) is 24.3. The van der Waals surface area contributed by atoms with Gasteiger partial charge in [0.15, 0.2) is 0 Å². The van der Waals surface area contributed by atoms with Crippen LogP contribution in [0.4, 0.5) is 0 Å². The molecule has 2 aromatic carbocycles. The minimum Gasteiger partial charge on any atom is -0.336 e. The maximum atomic E-state index is 3.44. The van der Waals surface area contributed by atoms with Crippen LogP contribution >= 0.6 is 7.92 Å². The van der Waals surface area contributed by atoms with Gasteiger partial charge in [-0.05, 0) is 23.2 Å². The summed E-state index contributed by atoms with van der Waals surface area (Å²) in [5.74, 6) is 0. The average molecular weight is 267 g/mol. The largest absolute Gasteiger partial charge is 0.336 e. The Hall–Kier alpha value is -1.77. The smallest absolute Gasteiger partial charge is 0.0364 e. The second kappa shape index (κ2) is 6.98. The molecule has 0 amide bonds. The minimum absolute atomic E-state index is 0.592. The molecule has 0 radical (unpaired) electrons. The lowest BCUT2D eigenvalue weighted by Crippen LogP contribution is -2.12. The highest BCUT2D eigenvalue weighted by Gasteiger charge is 2.10. The molecular formula is C17H18NP. The lowest BCUT2D eigenvalue weighted by molar-refractivity contribution is 0.513. The van der Waals surface area contributed by atoms with E-state index in [1.54, 1.807) is 0 Å². The molecular weight excluding hydrogens is 249 g/mol. The monoisotopic (exact) mass is 267 g/mol. The molecule has 0 aliphatic heterocycles. The number of nitrogens with zero attached hydrogens (tertiary/aromatic N) is 1. The van der Waals surface area contributed by atoms with Crippen LogP contribution in [-0.4, -0.2) is 18.5 Å². The maximum Gasteiger partial charge on any atom is 0.0364 e. The van der Waals surface area contributed by atoms with E-state index in [1.807, 2.05) is 24.1 Å². The molecule has 0 bridgehead atoms. The van der Waals surface area contributed by atoms with Gasteiger partial charge in [-0.3, -0.25) is 0 Å². The maximum absolute atomic E-state index is 3.44. The molecule has 0 aliphatic rings. The molecule has 0 aromatic heterocycles. The molecule has 0 heterocycles. The fourth-order valence-corrected chi connectivity index (χ4v) is 3.41. The number of rotatable bonds is 3. The molecule has 2 heteroatoms. The van der Waals surface area contributed by atoms with E-state index in [-0.39, 0.29) is 0 Å². The quantitative estimate of drug-likeness (QED) is 0.469. The van der Waals surface area contributed by atoms with Crippen molar-refractivity contribution in [3.05, 3.63) is 60.7 Å². The topological polar surface area (TPSA) is 3.24 Å². The molecule has 0 saturated carbocycles. The summed E-state index contributed by atoms with van der Waals surface area (Å²) >= 11 is 0. The minimum atomic E-state index is -0.592. The van der Waals surface area contributed by atoms with E-state index >= 15 is 0 Å². The summed E-state index contributed by atoms with van der Waals surface area (Å²) < 4.78 is 0. The van der Waals surface area contributed by atoms with Crippen LogP contribution in [0.15, 0.2) is 60.7 Å². The second-order valence-corrected chi connectivity index (χ2v) is 6.17. The molecule has 0 atom stereocenters. The van der Waals surface area contributed by atoms with Gasteiger partial charge in [-0.1, -0.05) is 60.7 Å². The highest BCUT2D eigenvalue weighted by molar-refractivity contribution is 7.77. The first kappa shape index (κ1) is 13.7. The number of hydrogen-bond acceptors (Lipinski definition) is 1. The van der Waals surface area contributed by atoms with E-state index in [0.29, 0.717) is 0 Å². The van der Waals surface area contributed by atoms with E-state index in [0.717, 1.165) is 6.54 Å². The van der Waals surface area contributed by atoms with Crippen LogP contribution in [0.2, 0.25) is 0 Å². The normalized spacial score (nSPS) is 9.84. The molecule has 0 aliphatic carbocycles. The van der Waals surface area contributed by atoms with Gasteiger partial charge >= 0.3 is 0 Å². The SMILES string of the molecule is CCN(C)C#CP(c1ccccc1)c1ccccc1. The molecule has 1 nitrogen and oxygen atoms in total. The molecule has 0 saturated heterocycles. The Labute approximate surface area is 117 Å². The first-order chi connectivity index (χ1) is 9.31. The molecule has 96 valence electrons. The van der Waals surface area contributed by atoms with Crippen LogP contribution in [0.5, 0.6) is 0 Å². The van der Waals surface area contributed by atoms with Crippen LogP contribution < -0.4 is 10.6 Å². The fourth-order valence-electron chi connectivity index (χ4n) is 1.65. The summed E-state index contributed by atoms with van der Waals surface area (Å²) in [5.41, 5.74) is 3.44. The van der Waals surface area contributed by atoms with E-state index in [9.17, 15) is 0 Å². The van der Waals surface area contributed by atoms with Gasteiger partial charge < -0.3 is 4.90 Å². The standard InChI is InChI=1S/C17H18NP/c1-3-18(2)14-15-19(16-10-6-4-7-11-16)17-12-8-5-9-13-17/h4-13H,3H2,1-2H3. The molecule has 19 heavy (non-hydrogen) atoms. The van der Waals surface area contributed by atoms with Gasteiger partial charge in [-0.2, -0.15) is 0 Å². The van der Waals surface area contributed by atoms with Crippen molar-refractivity contribution in [2.75, 3.05) is 13.6 Å². The lowest BCUT2D eigenvalue weighted by atomic mass is 10.4. The Bertz CT molecular complexity index is 515. The molecule has 0 fully saturated rings. The lowest BCUT2D eigenvalue weighted by Gasteiger charge is -2.12. The van der Waals surface area contributed by atoms with Crippen molar-refractivity contribution < 1.29 is 0 Å². The summed E-state index contributed by atoms with van der Waals surface area (Å²) in [4.78, 5) is 2.03. The molecule has 2 rings (SSSR count). The van der Waals surface area contributed by atoms with Crippen molar-refractivity contribution in [3.8, 4) is 11.7 Å². The Morgan fingerprint density at radius 3 is 1.79 bits per heavy atom. The van der Waals surface area contributed by atoms with Crippen molar-refractivity contribution in [1.29, 1.82) is 0 Å². The predicted octanol–water partition coefficient (Wildman–Crippen LogP) is 2.99. The van der Waals surface area contributed by atoms with E-state index < -0.39 is 7.92 Å². The Morgan fingerprint density at radius 2 is 1.37 bits per heavy atom. The summed E-state index contributed by atoms with van der Waals surface area (Å²) in [6.07, 6.45) is 0. The van der Waals surface area contributed by atoms with Crippen molar-refractivity contribution in [2.45, 2.75) is 6.92 Å². The van der Waals surface area contributed by atoms with Crippen molar-refractivity contribution >= 4 is 18.5 Å². The van der Waals surface area contributed by atoms with Crippen LogP contribution in [0.25, 0.3) is 0 Å². The average Bonchev–Trinajstić information content (AvgIpc) is 2.49. The molecule has 0 N–H and O–H groups in total. The van der Waals surface area contributed by atoms with Crippen LogP contribution in [0.1, 0.15) is 6.92 Å². The Morgan fingerprint density at radius 1 is 0.895 bits per heavy atom. The third kappa shape index (κ3) is 3.85. The zero-order valence-electron chi connectivity index (χ0n) is 11.4. The van der Waals surface area contributed by atoms with Crippen molar-refractivity contribution in [1.82, 2.24) is 4.90 Å². The summed E-state index contributed by atoms with van der Waals surface area (Å²) in [6.45, 7) is 3.06. The third-order valence-electron chi connectivity index (χ3n) is 2.86. The van der Waals surface area contributed by atoms with E-state index in [4.69, 9.17) is 0 Å². The zero-order chi connectivity index (χ0) is 13.5. The van der Waals surface area contributed by atoms with Crippen molar-refractivity contribution in [3.63, 3.8) is 0 Å². The van der Waals surface area contributed by atoms with Gasteiger partial charge in [0.25, 0.3) is 0 Å². The highest BCUT2D eigenvalue weighted by atomic mass is 31.1. The van der Waals surface area contributed by atoms with Crippen LogP contribution in [0, 0.1) is 11.7 Å². The molecule has 0 spiro atoms. The third-order valence-corrected chi connectivity index (χ3v) is 4.81. The van der Waals surface area contributed by atoms with Gasteiger partial charge in [0.1, 0.15) is 0 Å². The fraction of sp³-hybridized carbons (Fsp3) is 0.176. The highest BCUT2D eigenvalue weighted by Crippen LogP contribution is 2.31. The van der Waals surface area contributed by atoms with Gasteiger partial charge in [0.05, 0.1) is 0 Å². The van der Waals surface area contributed by atoms with Gasteiger partial charge in [0, 0.05) is 27.6 Å². The zero-order valence-corrected chi connectivity index (χ0v) is 12.3. The molecule has 0 unspecified atom stereocenters. The first-order valence-electron chi connectivity index (χ1n) is 6.44. The van der Waals surface area contributed by atoms with Crippen LogP contribution in [0.3, 0.4) is 0 Å². The van der Waals surface area contributed by atoms with E-state index in [2.05, 4.69) is 67.2 Å². The first-order valence-corrected chi connectivity index (χ1v) is 7.78. The summed E-state index contributed by atoms with van der Waals surface area (Å²) in [5, 5.41) is 2.61. The summed E-state index contributed by atoms with van der Waals surface area (Å²) in [7, 11) is 1.43. The Kier molecular flexibility index (Phi) is 5.01. The predicted molar refractivity (Wildman–Crippen MR) is 85.2 cm³/mol. The number of hydrogen-bond donors (Lipinski definition) is 0. The Balaban J connectivity index is 2.36. The van der Waals surface area contributed by atoms with Gasteiger partial charge in [-0.25, -0.2) is 0 Å². The van der Waals surface area contributed by atoms with E-state index in [1.165, 1.54) is 10.6 Å². The van der Waals surface area contributed by atoms with Crippen LogP contribution in [-0.2, 0) is 0 Å². The molecule has 2 aromatic rings. The van der Waals surface area contributed by atoms with Gasteiger partial charge in [0.2, 0.25) is 0 Å². The number of benzene rings is 2. The van der Waals surface area contributed by atoms with Gasteiger partial charge in [-0.15, -0.1) is 0 Å². The van der Waals surface area contributed by atoms with Crippen molar-refractivity contribution in [2.24, 2.45) is 0 Å².